The number of hydrogen-bond donors (Lipinski definition) is 1. The van der Waals surface area contributed by atoms with E-state index in [1.807, 2.05) is 5.32 Å². The molecule has 1 amide bonds. The van der Waals surface area contributed by atoms with Crippen LogP contribution in [0.15, 0.2) is 34.8 Å². The number of anilines is 1. The zero-order chi connectivity index (χ0) is 23.9. The fourth-order valence-electron chi connectivity index (χ4n) is 2.40. The number of rotatable bonds is 4. The SMILES string of the molecule is O=C(Nc1c(Cl)cc(C(F)(C(F)(F)F)C(F)(F)F)cc1Br)c1cccc([N+](=O)[O-])c1F. The van der Waals surface area contributed by atoms with E-state index in [0.29, 0.717) is 0 Å². The first-order chi connectivity index (χ1) is 14.0. The molecule has 0 aliphatic heterocycles. The van der Waals surface area contributed by atoms with Gasteiger partial charge in [0.2, 0.25) is 5.82 Å². The monoisotopic (exact) mass is 540 g/mol. The van der Waals surface area contributed by atoms with Gasteiger partial charge in [0.25, 0.3) is 5.91 Å². The molecule has 2 aromatic rings. The highest BCUT2D eigenvalue weighted by Crippen LogP contribution is 2.54. The molecule has 0 fully saturated rings. The van der Waals surface area contributed by atoms with Crippen LogP contribution in [0.2, 0.25) is 5.02 Å². The van der Waals surface area contributed by atoms with Crippen LogP contribution in [0.5, 0.6) is 0 Å². The summed E-state index contributed by atoms with van der Waals surface area (Å²) in [6, 6.07) is 2.62. The summed E-state index contributed by atoms with van der Waals surface area (Å²) in [5.41, 5.74) is -10.3. The molecule has 2 rings (SSSR count). The third-order valence-electron chi connectivity index (χ3n) is 3.88. The van der Waals surface area contributed by atoms with Crippen molar-refractivity contribution in [3.8, 4) is 0 Å². The maximum absolute atomic E-state index is 14.2. The summed E-state index contributed by atoms with van der Waals surface area (Å²) in [6.45, 7) is 0. The van der Waals surface area contributed by atoms with Crippen molar-refractivity contribution in [3.63, 3.8) is 0 Å². The first kappa shape index (κ1) is 24.8. The fourth-order valence-corrected chi connectivity index (χ4v) is 3.34. The first-order valence-corrected chi connectivity index (χ1v) is 8.75. The summed E-state index contributed by atoms with van der Waals surface area (Å²) in [5.74, 6) is -2.92. The Labute approximate surface area is 180 Å². The second-order valence-corrected chi connectivity index (χ2v) is 7.08. The molecule has 0 radical (unpaired) electrons. The van der Waals surface area contributed by atoms with E-state index in [-0.39, 0.29) is 12.1 Å². The average Bonchev–Trinajstić information content (AvgIpc) is 2.61. The molecule has 0 aromatic heterocycles. The van der Waals surface area contributed by atoms with E-state index in [1.165, 1.54) is 0 Å². The smallest absolute Gasteiger partial charge is 0.320 e. The van der Waals surface area contributed by atoms with Crippen molar-refractivity contribution in [2.75, 3.05) is 5.32 Å². The van der Waals surface area contributed by atoms with Crippen molar-refractivity contribution in [2.45, 2.75) is 18.0 Å². The number of nitro benzene ring substituents is 1. The van der Waals surface area contributed by atoms with Crippen LogP contribution in [0.3, 0.4) is 0 Å². The van der Waals surface area contributed by atoms with Crippen LogP contribution in [0.25, 0.3) is 0 Å². The number of benzene rings is 2. The van der Waals surface area contributed by atoms with Gasteiger partial charge in [-0.05, 0) is 34.1 Å². The number of hydrogen-bond acceptors (Lipinski definition) is 3. The van der Waals surface area contributed by atoms with Crippen LogP contribution in [0, 0.1) is 15.9 Å². The van der Waals surface area contributed by atoms with Crippen molar-refractivity contribution in [2.24, 2.45) is 0 Å². The Morgan fingerprint density at radius 1 is 1.06 bits per heavy atom. The molecule has 5 nitrogen and oxygen atoms in total. The number of amides is 1. The molecule has 0 saturated heterocycles. The zero-order valence-electron chi connectivity index (χ0n) is 14.3. The highest BCUT2D eigenvalue weighted by molar-refractivity contribution is 9.10. The van der Waals surface area contributed by atoms with Gasteiger partial charge in [-0.2, -0.15) is 30.7 Å². The summed E-state index contributed by atoms with van der Waals surface area (Å²) < 4.78 is 105. The van der Waals surface area contributed by atoms with E-state index >= 15 is 0 Å². The van der Waals surface area contributed by atoms with Gasteiger partial charge in [0.1, 0.15) is 0 Å². The van der Waals surface area contributed by atoms with Crippen molar-refractivity contribution >= 4 is 44.8 Å². The molecule has 0 aliphatic carbocycles. The topological polar surface area (TPSA) is 72.2 Å². The number of halogens is 10. The molecular weight excluding hydrogens is 536 g/mol. The van der Waals surface area contributed by atoms with E-state index in [2.05, 4.69) is 15.9 Å². The van der Waals surface area contributed by atoms with Gasteiger partial charge in [-0.25, -0.2) is 4.39 Å². The quantitative estimate of drug-likeness (QED) is 0.266. The summed E-state index contributed by atoms with van der Waals surface area (Å²) in [4.78, 5) is 21.8. The maximum atomic E-state index is 14.2. The van der Waals surface area contributed by atoms with Gasteiger partial charge in [-0.1, -0.05) is 17.7 Å². The lowest BCUT2D eigenvalue weighted by Gasteiger charge is -2.30. The second-order valence-electron chi connectivity index (χ2n) is 5.82. The normalized spacial score (nSPS) is 12.6. The Bertz CT molecular complexity index is 1020. The van der Waals surface area contributed by atoms with E-state index in [1.54, 1.807) is 0 Å². The summed E-state index contributed by atoms with van der Waals surface area (Å²) in [6.07, 6.45) is -12.8. The van der Waals surface area contributed by atoms with E-state index in [9.17, 15) is 50.0 Å². The molecule has 0 spiro atoms. The minimum absolute atomic E-state index is 0.00723. The number of nitrogens with zero attached hydrogens (tertiary/aromatic N) is 1. The highest BCUT2D eigenvalue weighted by atomic mass is 79.9. The largest absolute Gasteiger partial charge is 0.435 e. The molecule has 31 heavy (non-hydrogen) atoms. The molecule has 0 atom stereocenters. The van der Waals surface area contributed by atoms with Crippen molar-refractivity contribution in [1.82, 2.24) is 0 Å². The minimum Gasteiger partial charge on any atom is -0.320 e. The van der Waals surface area contributed by atoms with Crippen LogP contribution >= 0.6 is 27.5 Å². The Morgan fingerprint density at radius 3 is 2.06 bits per heavy atom. The third-order valence-corrected chi connectivity index (χ3v) is 4.80. The lowest BCUT2D eigenvalue weighted by Crippen LogP contribution is -2.50. The lowest BCUT2D eigenvalue weighted by atomic mass is 9.94. The van der Waals surface area contributed by atoms with Gasteiger partial charge < -0.3 is 5.32 Å². The maximum Gasteiger partial charge on any atom is 0.435 e. The van der Waals surface area contributed by atoms with Gasteiger partial charge in [-0.3, -0.25) is 14.9 Å². The average molecular weight is 542 g/mol. The standard InChI is InChI=1S/C16H6BrClF8N2O3/c17-8-4-6(14(20,15(21,22)23)16(24,25)26)5-9(18)12(8)27-13(29)7-2-1-3-10(11(7)19)28(30)31/h1-5H,(H,27,29). The van der Waals surface area contributed by atoms with Crippen molar-refractivity contribution < 1.29 is 44.8 Å². The van der Waals surface area contributed by atoms with Crippen LogP contribution in [-0.2, 0) is 5.67 Å². The number of nitro groups is 1. The number of carbonyl (C=O) groups is 1. The molecule has 168 valence electrons. The van der Waals surface area contributed by atoms with E-state index < -0.39 is 66.7 Å². The van der Waals surface area contributed by atoms with E-state index in [4.69, 9.17) is 11.6 Å². The molecule has 15 heteroatoms. The Hall–Kier alpha value is -2.48. The van der Waals surface area contributed by atoms with Gasteiger partial charge in [0.15, 0.2) is 0 Å². The minimum atomic E-state index is -6.40. The Morgan fingerprint density at radius 2 is 1.61 bits per heavy atom. The molecule has 2 aromatic carbocycles. The van der Waals surface area contributed by atoms with E-state index in [0.717, 1.165) is 18.2 Å². The Balaban J connectivity index is 2.52. The summed E-state index contributed by atoms with van der Waals surface area (Å²) in [5, 5.41) is 11.7. The molecular formula is C16H6BrClF8N2O3. The Kier molecular flexibility index (Phi) is 6.57. The van der Waals surface area contributed by atoms with Gasteiger partial charge in [-0.15, -0.1) is 0 Å². The predicted octanol–water partition coefficient (Wildman–Crippen LogP) is 6.69. The van der Waals surface area contributed by atoms with Gasteiger partial charge in [0.05, 0.1) is 21.2 Å². The highest BCUT2D eigenvalue weighted by Gasteiger charge is 2.73. The molecule has 0 heterocycles. The lowest BCUT2D eigenvalue weighted by molar-refractivity contribution is -0.387. The van der Waals surface area contributed by atoms with Crippen molar-refractivity contribution in [1.29, 1.82) is 0 Å². The molecule has 0 unspecified atom stereocenters. The molecule has 0 saturated carbocycles. The van der Waals surface area contributed by atoms with Gasteiger partial charge >= 0.3 is 23.7 Å². The fraction of sp³-hybridized carbons (Fsp3) is 0.188. The van der Waals surface area contributed by atoms with Gasteiger partial charge in [0, 0.05) is 16.1 Å². The van der Waals surface area contributed by atoms with Crippen LogP contribution in [0.4, 0.5) is 46.5 Å². The predicted molar refractivity (Wildman–Crippen MR) is 95.1 cm³/mol. The first-order valence-electron chi connectivity index (χ1n) is 7.58. The number of nitrogens with one attached hydrogen (secondary N) is 1. The summed E-state index contributed by atoms with van der Waals surface area (Å²) >= 11 is 8.22. The van der Waals surface area contributed by atoms with Crippen molar-refractivity contribution in [3.05, 3.63) is 66.9 Å². The number of carbonyl (C=O) groups excluding carboxylic acids is 1. The molecule has 1 N–H and O–H groups in total. The van der Waals surface area contributed by atoms with Crippen LogP contribution < -0.4 is 5.32 Å². The third kappa shape index (κ3) is 4.44. The number of alkyl halides is 7. The second kappa shape index (κ2) is 8.22. The zero-order valence-corrected chi connectivity index (χ0v) is 16.7. The van der Waals surface area contributed by atoms with Crippen LogP contribution in [-0.4, -0.2) is 23.2 Å². The molecule has 0 bridgehead atoms. The van der Waals surface area contributed by atoms with Crippen LogP contribution in [0.1, 0.15) is 15.9 Å². The summed E-state index contributed by atoms with van der Waals surface area (Å²) in [7, 11) is 0. The molecule has 0 aliphatic rings.